The molecule has 1 aromatic carbocycles. The first kappa shape index (κ1) is 13.0. The van der Waals surface area contributed by atoms with Crippen molar-refractivity contribution in [2.24, 2.45) is 0 Å². The van der Waals surface area contributed by atoms with Crippen LogP contribution in [0, 0.1) is 6.92 Å². The van der Waals surface area contributed by atoms with Gasteiger partial charge in [0.2, 0.25) is 0 Å². The summed E-state index contributed by atoms with van der Waals surface area (Å²) in [7, 11) is 0. The second-order valence-electron chi connectivity index (χ2n) is 3.66. The molecule has 0 bridgehead atoms. The Morgan fingerprint density at radius 1 is 1.50 bits per heavy atom. The number of carboxylic acids is 1. The van der Waals surface area contributed by atoms with Gasteiger partial charge in [-0.2, -0.15) is 0 Å². The highest BCUT2D eigenvalue weighted by Gasteiger charge is 2.07. The quantitative estimate of drug-likeness (QED) is 0.904. The molecule has 0 saturated heterocycles. The number of halogens is 1. The molecule has 0 unspecified atom stereocenters. The first-order valence-electron chi connectivity index (χ1n) is 5.27. The maximum atomic E-state index is 10.5. The second-order valence-corrected chi connectivity index (χ2v) is 4.51. The van der Waals surface area contributed by atoms with Gasteiger partial charge in [-0.25, -0.2) is 0 Å². The van der Waals surface area contributed by atoms with Crippen molar-refractivity contribution in [1.29, 1.82) is 0 Å². The van der Waals surface area contributed by atoms with Gasteiger partial charge in [-0.15, -0.1) is 0 Å². The highest BCUT2D eigenvalue weighted by atomic mass is 79.9. The number of rotatable bonds is 5. The Labute approximate surface area is 104 Å². The van der Waals surface area contributed by atoms with Gasteiger partial charge in [0, 0.05) is 23.2 Å². The lowest BCUT2D eigenvalue weighted by atomic mass is 10.2. The van der Waals surface area contributed by atoms with E-state index in [4.69, 9.17) is 5.11 Å². The summed E-state index contributed by atoms with van der Waals surface area (Å²) in [4.78, 5) is 12.6. The Morgan fingerprint density at radius 3 is 2.69 bits per heavy atom. The van der Waals surface area contributed by atoms with Gasteiger partial charge in [-0.3, -0.25) is 4.79 Å². The molecule has 0 aliphatic rings. The molecule has 0 radical (unpaired) electrons. The van der Waals surface area contributed by atoms with E-state index in [0.29, 0.717) is 6.54 Å². The van der Waals surface area contributed by atoms with Gasteiger partial charge in [0.05, 0.1) is 6.42 Å². The van der Waals surface area contributed by atoms with Crippen LogP contribution in [0.4, 0.5) is 5.69 Å². The van der Waals surface area contributed by atoms with Gasteiger partial charge < -0.3 is 10.0 Å². The molecular weight excluding hydrogens is 270 g/mol. The average molecular weight is 286 g/mol. The molecule has 0 fully saturated rings. The van der Waals surface area contributed by atoms with Crippen LogP contribution in [-0.2, 0) is 4.79 Å². The zero-order valence-corrected chi connectivity index (χ0v) is 11.1. The predicted molar refractivity (Wildman–Crippen MR) is 69.0 cm³/mol. The van der Waals surface area contributed by atoms with Crippen molar-refractivity contribution < 1.29 is 9.90 Å². The van der Waals surface area contributed by atoms with Crippen LogP contribution in [-0.4, -0.2) is 24.2 Å². The molecule has 0 heterocycles. The fourth-order valence-corrected chi connectivity index (χ4v) is 1.77. The molecule has 16 heavy (non-hydrogen) atoms. The van der Waals surface area contributed by atoms with E-state index in [1.165, 1.54) is 0 Å². The summed E-state index contributed by atoms with van der Waals surface area (Å²) in [6.07, 6.45) is 0.170. The molecule has 0 saturated carbocycles. The minimum Gasteiger partial charge on any atom is -0.481 e. The number of nitrogens with zero attached hydrogens (tertiary/aromatic N) is 1. The summed E-state index contributed by atoms with van der Waals surface area (Å²) >= 11 is 3.45. The third kappa shape index (κ3) is 3.52. The van der Waals surface area contributed by atoms with Gasteiger partial charge in [0.1, 0.15) is 0 Å². The number of carboxylic acid groups (broad SMARTS) is 1. The highest BCUT2D eigenvalue weighted by molar-refractivity contribution is 9.10. The lowest BCUT2D eigenvalue weighted by molar-refractivity contribution is -0.136. The van der Waals surface area contributed by atoms with Crippen LogP contribution in [0.1, 0.15) is 18.9 Å². The van der Waals surface area contributed by atoms with Gasteiger partial charge in [0.25, 0.3) is 0 Å². The van der Waals surface area contributed by atoms with Crippen LogP contribution < -0.4 is 4.90 Å². The summed E-state index contributed by atoms with van der Waals surface area (Å²) in [5.74, 6) is -0.757. The normalized spacial score (nSPS) is 10.2. The van der Waals surface area contributed by atoms with Crippen LogP contribution in [0.2, 0.25) is 0 Å². The van der Waals surface area contributed by atoms with Crippen LogP contribution in [0.3, 0.4) is 0 Å². The van der Waals surface area contributed by atoms with E-state index in [1.54, 1.807) is 0 Å². The van der Waals surface area contributed by atoms with Crippen molar-refractivity contribution in [2.75, 3.05) is 18.0 Å². The van der Waals surface area contributed by atoms with Gasteiger partial charge in [-0.05, 0) is 37.6 Å². The Balaban J connectivity index is 2.78. The first-order valence-corrected chi connectivity index (χ1v) is 6.06. The Hall–Kier alpha value is -1.03. The van der Waals surface area contributed by atoms with Crippen molar-refractivity contribution >= 4 is 27.6 Å². The summed E-state index contributed by atoms with van der Waals surface area (Å²) in [6, 6.07) is 6.06. The lowest BCUT2D eigenvalue weighted by Crippen LogP contribution is -2.25. The van der Waals surface area contributed by atoms with E-state index in [9.17, 15) is 4.79 Å². The molecular formula is C12H16BrNO2. The number of aliphatic carboxylic acids is 1. The van der Waals surface area contributed by atoms with E-state index >= 15 is 0 Å². The molecule has 0 aliphatic carbocycles. The van der Waals surface area contributed by atoms with Crippen molar-refractivity contribution in [1.82, 2.24) is 0 Å². The number of hydrogen-bond acceptors (Lipinski definition) is 2. The molecule has 0 aliphatic heterocycles. The van der Waals surface area contributed by atoms with E-state index in [1.807, 2.05) is 26.0 Å². The van der Waals surface area contributed by atoms with Crippen molar-refractivity contribution in [3.63, 3.8) is 0 Å². The summed E-state index contributed by atoms with van der Waals surface area (Å²) in [5.41, 5.74) is 2.23. The SMILES string of the molecule is CCN(CCC(=O)O)c1ccc(Br)c(C)c1. The number of anilines is 1. The highest BCUT2D eigenvalue weighted by Crippen LogP contribution is 2.22. The average Bonchev–Trinajstić information content (AvgIpc) is 2.23. The molecule has 0 atom stereocenters. The van der Waals surface area contributed by atoms with Crippen LogP contribution >= 0.6 is 15.9 Å². The summed E-state index contributed by atoms with van der Waals surface area (Å²) in [6.45, 7) is 5.42. The summed E-state index contributed by atoms with van der Waals surface area (Å²) < 4.78 is 1.07. The maximum Gasteiger partial charge on any atom is 0.305 e. The Morgan fingerprint density at radius 2 is 2.19 bits per heavy atom. The van der Waals surface area contributed by atoms with Crippen molar-refractivity contribution in [2.45, 2.75) is 20.3 Å². The predicted octanol–water partition coefficient (Wildman–Crippen LogP) is 3.06. The zero-order chi connectivity index (χ0) is 12.1. The third-order valence-corrected chi connectivity index (χ3v) is 3.37. The molecule has 1 N–H and O–H groups in total. The topological polar surface area (TPSA) is 40.5 Å². The van der Waals surface area contributed by atoms with E-state index in [-0.39, 0.29) is 6.42 Å². The summed E-state index contributed by atoms with van der Waals surface area (Å²) in [5, 5.41) is 8.67. The van der Waals surface area contributed by atoms with E-state index < -0.39 is 5.97 Å². The van der Waals surface area contributed by atoms with Crippen molar-refractivity contribution in [3.05, 3.63) is 28.2 Å². The fourth-order valence-electron chi connectivity index (χ4n) is 1.53. The Kier molecular flexibility index (Phi) is 4.80. The smallest absolute Gasteiger partial charge is 0.305 e. The number of benzene rings is 1. The van der Waals surface area contributed by atoms with Crippen LogP contribution in [0.5, 0.6) is 0 Å². The third-order valence-electron chi connectivity index (χ3n) is 2.48. The monoisotopic (exact) mass is 285 g/mol. The maximum absolute atomic E-state index is 10.5. The molecule has 1 rings (SSSR count). The van der Waals surface area contributed by atoms with E-state index in [0.717, 1.165) is 22.3 Å². The molecule has 1 aromatic rings. The number of carbonyl (C=O) groups is 1. The molecule has 88 valence electrons. The van der Waals surface area contributed by atoms with Gasteiger partial charge in [0.15, 0.2) is 0 Å². The van der Waals surface area contributed by atoms with Crippen molar-refractivity contribution in [3.8, 4) is 0 Å². The molecule has 0 spiro atoms. The first-order chi connectivity index (χ1) is 7.54. The number of aryl methyl sites for hydroxylation is 1. The van der Waals surface area contributed by atoms with Gasteiger partial charge >= 0.3 is 5.97 Å². The second kappa shape index (κ2) is 5.89. The minimum absolute atomic E-state index is 0.170. The largest absolute Gasteiger partial charge is 0.481 e. The minimum atomic E-state index is -0.757. The standard InChI is InChI=1S/C12H16BrNO2/c1-3-14(7-6-12(15)16)10-4-5-11(13)9(2)8-10/h4-5,8H,3,6-7H2,1-2H3,(H,15,16). The molecule has 0 amide bonds. The lowest BCUT2D eigenvalue weighted by Gasteiger charge is -2.22. The Bertz CT molecular complexity index is 379. The molecule has 3 nitrogen and oxygen atoms in total. The molecule has 4 heteroatoms. The van der Waals surface area contributed by atoms with E-state index in [2.05, 4.69) is 26.9 Å². The zero-order valence-electron chi connectivity index (χ0n) is 9.53. The fraction of sp³-hybridized carbons (Fsp3) is 0.417. The van der Waals surface area contributed by atoms with Crippen LogP contribution in [0.15, 0.2) is 22.7 Å². The van der Waals surface area contributed by atoms with Gasteiger partial charge in [-0.1, -0.05) is 15.9 Å². The number of hydrogen-bond donors (Lipinski definition) is 1. The van der Waals surface area contributed by atoms with Crippen LogP contribution in [0.25, 0.3) is 0 Å². The molecule has 0 aromatic heterocycles.